The number of hydrogen-bond acceptors (Lipinski definition) is 1. The summed E-state index contributed by atoms with van der Waals surface area (Å²) in [5.74, 6) is -0.409. The van der Waals surface area contributed by atoms with Crippen molar-refractivity contribution < 1.29 is 17.6 Å². The highest BCUT2D eigenvalue weighted by atomic mass is 79.9. The van der Waals surface area contributed by atoms with Crippen molar-refractivity contribution in [2.24, 2.45) is 0 Å². The molecule has 0 saturated heterocycles. The fourth-order valence-corrected chi connectivity index (χ4v) is 2.71. The van der Waals surface area contributed by atoms with Crippen molar-refractivity contribution in [2.75, 3.05) is 5.32 Å². The zero-order chi connectivity index (χ0) is 15.6. The third-order valence-corrected chi connectivity index (χ3v) is 3.72. The van der Waals surface area contributed by atoms with Gasteiger partial charge in [0.05, 0.1) is 5.56 Å². The van der Waals surface area contributed by atoms with E-state index < -0.39 is 23.6 Å². The minimum atomic E-state index is -4.43. The zero-order valence-electron chi connectivity index (χ0n) is 11.0. The van der Waals surface area contributed by atoms with Gasteiger partial charge in [-0.25, -0.2) is 4.39 Å². The number of para-hydroxylation sites is 1. The maximum absolute atomic E-state index is 13.1. The lowest BCUT2D eigenvalue weighted by atomic mass is 10.1. The van der Waals surface area contributed by atoms with E-state index in [2.05, 4.69) is 21.2 Å². The minimum Gasteiger partial charge on any atom is -0.378 e. The Labute approximate surface area is 128 Å². The van der Waals surface area contributed by atoms with Gasteiger partial charge in [0.25, 0.3) is 0 Å². The van der Waals surface area contributed by atoms with Crippen LogP contribution in [0.4, 0.5) is 23.2 Å². The Morgan fingerprint density at radius 2 is 1.76 bits per heavy atom. The predicted octanol–water partition coefficient (Wildman–Crippen LogP) is 5.78. The first-order chi connectivity index (χ1) is 9.79. The van der Waals surface area contributed by atoms with Crippen LogP contribution in [0.5, 0.6) is 0 Å². The molecule has 6 heteroatoms. The van der Waals surface area contributed by atoms with E-state index in [4.69, 9.17) is 0 Å². The quantitative estimate of drug-likeness (QED) is 0.683. The second-order valence-electron chi connectivity index (χ2n) is 4.58. The maximum Gasteiger partial charge on any atom is 0.418 e. The van der Waals surface area contributed by atoms with Gasteiger partial charge in [-0.1, -0.05) is 34.1 Å². The molecule has 2 rings (SSSR count). The molecule has 0 bridgehead atoms. The van der Waals surface area contributed by atoms with E-state index in [1.54, 1.807) is 6.92 Å². The van der Waals surface area contributed by atoms with Crippen molar-refractivity contribution in [3.63, 3.8) is 0 Å². The summed E-state index contributed by atoms with van der Waals surface area (Å²) in [6, 6.07) is 8.94. The van der Waals surface area contributed by atoms with Crippen LogP contribution in [0.15, 0.2) is 46.9 Å². The molecule has 0 spiro atoms. The van der Waals surface area contributed by atoms with E-state index in [0.717, 1.165) is 6.07 Å². The summed E-state index contributed by atoms with van der Waals surface area (Å²) in [5, 5.41) is 2.82. The highest BCUT2D eigenvalue weighted by Gasteiger charge is 2.33. The first-order valence-electron chi connectivity index (χ1n) is 6.16. The SMILES string of the molecule is CC(Nc1ccccc1C(F)(F)F)c1ccc(F)cc1Br. The van der Waals surface area contributed by atoms with Gasteiger partial charge in [-0.15, -0.1) is 0 Å². The Morgan fingerprint density at radius 3 is 2.38 bits per heavy atom. The van der Waals surface area contributed by atoms with Crippen LogP contribution in [0, 0.1) is 5.82 Å². The summed E-state index contributed by atoms with van der Waals surface area (Å²) in [7, 11) is 0. The van der Waals surface area contributed by atoms with Gasteiger partial charge >= 0.3 is 6.18 Å². The average Bonchev–Trinajstić information content (AvgIpc) is 2.37. The maximum atomic E-state index is 13.1. The molecule has 2 aromatic carbocycles. The number of rotatable bonds is 3. The molecule has 0 heterocycles. The molecule has 2 aromatic rings. The van der Waals surface area contributed by atoms with Gasteiger partial charge in [-0.05, 0) is 36.8 Å². The molecule has 0 aromatic heterocycles. The van der Waals surface area contributed by atoms with Crippen LogP contribution < -0.4 is 5.32 Å². The molecule has 1 unspecified atom stereocenters. The van der Waals surface area contributed by atoms with Gasteiger partial charge in [0.1, 0.15) is 5.82 Å². The van der Waals surface area contributed by atoms with Crippen molar-refractivity contribution >= 4 is 21.6 Å². The van der Waals surface area contributed by atoms with E-state index in [1.165, 1.54) is 36.4 Å². The third kappa shape index (κ3) is 3.75. The van der Waals surface area contributed by atoms with Crippen molar-refractivity contribution in [2.45, 2.75) is 19.1 Å². The molecule has 1 N–H and O–H groups in total. The van der Waals surface area contributed by atoms with Crippen LogP contribution in [0.1, 0.15) is 24.1 Å². The molecule has 112 valence electrons. The zero-order valence-corrected chi connectivity index (χ0v) is 12.6. The van der Waals surface area contributed by atoms with Crippen LogP contribution in [0.3, 0.4) is 0 Å². The molecular formula is C15H12BrF4N. The number of anilines is 1. The van der Waals surface area contributed by atoms with E-state index >= 15 is 0 Å². The number of halogens is 5. The molecule has 0 fully saturated rings. The fourth-order valence-electron chi connectivity index (χ4n) is 2.02. The Kier molecular flexibility index (Phi) is 4.56. The molecule has 0 amide bonds. The van der Waals surface area contributed by atoms with Gasteiger partial charge in [0, 0.05) is 16.2 Å². The summed E-state index contributed by atoms with van der Waals surface area (Å²) in [6.07, 6.45) is -4.43. The van der Waals surface area contributed by atoms with Crippen molar-refractivity contribution in [3.05, 3.63) is 63.9 Å². The predicted molar refractivity (Wildman–Crippen MR) is 77.6 cm³/mol. The van der Waals surface area contributed by atoms with Crippen LogP contribution in [0.2, 0.25) is 0 Å². The average molecular weight is 362 g/mol. The highest BCUT2D eigenvalue weighted by Crippen LogP contribution is 2.36. The highest BCUT2D eigenvalue weighted by molar-refractivity contribution is 9.10. The molecule has 0 aliphatic rings. The summed E-state index contributed by atoms with van der Waals surface area (Å²) < 4.78 is 52.4. The van der Waals surface area contributed by atoms with Crippen LogP contribution in [-0.2, 0) is 6.18 Å². The Bertz CT molecular complexity index is 640. The second-order valence-corrected chi connectivity index (χ2v) is 5.43. The molecular weight excluding hydrogens is 350 g/mol. The monoisotopic (exact) mass is 361 g/mol. The number of nitrogens with one attached hydrogen (secondary N) is 1. The molecule has 0 aliphatic heterocycles. The lowest BCUT2D eigenvalue weighted by Gasteiger charge is -2.20. The van der Waals surface area contributed by atoms with E-state index in [0.29, 0.717) is 10.0 Å². The molecule has 1 atom stereocenters. The molecule has 0 radical (unpaired) electrons. The molecule has 0 aliphatic carbocycles. The fraction of sp³-hybridized carbons (Fsp3) is 0.200. The summed E-state index contributed by atoms with van der Waals surface area (Å²) >= 11 is 3.22. The van der Waals surface area contributed by atoms with Crippen LogP contribution in [0.25, 0.3) is 0 Å². The minimum absolute atomic E-state index is 0.00581. The van der Waals surface area contributed by atoms with E-state index in [9.17, 15) is 17.6 Å². The number of alkyl halides is 3. The summed E-state index contributed by atoms with van der Waals surface area (Å²) in [5.41, 5.74) is -0.0582. The number of benzene rings is 2. The standard InChI is InChI=1S/C15H12BrF4N/c1-9(11-7-6-10(17)8-13(11)16)21-14-5-3-2-4-12(14)15(18,19)20/h2-9,21H,1H3. The first-order valence-corrected chi connectivity index (χ1v) is 6.96. The van der Waals surface area contributed by atoms with Gasteiger partial charge < -0.3 is 5.32 Å². The van der Waals surface area contributed by atoms with Gasteiger partial charge in [-0.2, -0.15) is 13.2 Å². The third-order valence-electron chi connectivity index (χ3n) is 3.03. The van der Waals surface area contributed by atoms with Gasteiger partial charge in [0.2, 0.25) is 0 Å². The van der Waals surface area contributed by atoms with E-state index in [1.807, 2.05) is 0 Å². The van der Waals surface area contributed by atoms with Gasteiger partial charge in [-0.3, -0.25) is 0 Å². The lowest BCUT2D eigenvalue weighted by Crippen LogP contribution is -2.13. The Balaban J connectivity index is 2.30. The Morgan fingerprint density at radius 1 is 1.10 bits per heavy atom. The Hall–Kier alpha value is -1.56. The van der Waals surface area contributed by atoms with Crippen molar-refractivity contribution in [1.82, 2.24) is 0 Å². The first kappa shape index (κ1) is 15.8. The molecule has 1 nitrogen and oxygen atoms in total. The smallest absolute Gasteiger partial charge is 0.378 e. The van der Waals surface area contributed by atoms with Crippen molar-refractivity contribution in [1.29, 1.82) is 0 Å². The summed E-state index contributed by atoms with van der Waals surface area (Å²) in [4.78, 5) is 0. The van der Waals surface area contributed by atoms with Crippen molar-refractivity contribution in [3.8, 4) is 0 Å². The second kappa shape index (κ2) is 6.05. The molecule has 21 heavy (non-hydrogen) atoms. The van der Waals surface area contributed by atoms with Crippen LogP contribution in [-0.4, -0.2) is 0 Å². The van der Waals surface area contributed by atoms with Crippen LogP contribution >= 0.6 is 15.9 Å². The van der Waals surface area contributed by atoms with E-state index in [-0.39, 0.29) is 5.69 Å². The summed E-state index contributed by atoms with van der Waals surface area (Å²) in [6.45, 7) is 1.71. The molecule has 0 saturated carbocycles. The largest absolute Gasteiger partial charge is 0.418 e. The number of hydrogen-bond donors (Lipinski definition) is 1. The lowest BCUT2D eigenvalue weighted by molar-refractivity contribution is -0.137. The topological polar surface area (TPSA) is 12.0 Å². The van der Waals surface area contributed by atoms with Gasteiger partial charge in [0.15, 0.2) is 0 Å². The normalized spacial score (nSPS) is 13.0.